The molecule has 0 amide bonds. The summed E-state index contributed by atoms with van der Waals surface area (Å²) in [5.74, 6) is -0.555. The third-order valence-corrected chi connectivity index (χ3v) is 5.73. The lowest BCUT2D eigenvalue weighted by Crippen LogP contribution is -2.38. The molecule has 1 heterocycles. The van der Waals surface area contributed by atoms with E-state index in [2.05, 4.69) is 10.4 Å². The average Bonchev–Trinajstić information content (AvgIpc) is 3.13. The van der Waals surface area contributed by atoms with E-state index in [1.54, 1.807) is 17.8 Å². The Morgan fingerprint density at radius 3 is 2.32 bits per heavy atom. The van der Waals surface area contributed by atoms with Crippen LogP contribution in [0.3, 0.4) is 0 Å². The summed E-state index contributed by atoms with van der Waals surface area (Å²) >= 11 is 0. The number of aryl methyl sites for hydroxylation is 2. The molecule has 1 aromatic heterocycles. The topological polar surface area (TPSA) is 76.4 Å². The highest BCUT2D eigenvalue weighted by Crippen LogP contribution is 2.32. The minimum atomic E-state index is -4.38. The molecule has 34 heavy (non-hydrogen) atoms. The number of carbonyl (C=O) groups is 1. The highest BCUT2D eigenvalue weighted by molar-refractivity contribution is 5.76. The van der Waals surface area contributed by atoms with Gasteiger partial charge in [0, 0.05) is 30.8 Å². The van der Waals surface area contributed by atoms with Crippen LogP contribution in [0.2, 0.25) is 0 Å². The number of hydrogen-bond acceptors (Lipinski definition) is 4. The van der Waals surface area contributed by atoms with Crippen LogP contribution in [-0.2, 0) is 24.4 Å². The fraction of sp³-hybridized carbons (Fsp3) is 0.360. The summed E-state index contributed by atoms with van der Waals surface area (Å²) in [6.07, 6.45) is -3.79. The molecule has 2 aromatic carbocycles. The minimum Gasteiger partial charge on any atom is -0.478 e. The van der Waals surface area contributed by atoms with Gasteiger partial charge in [-0.05, 0) is 63.2 Å². The molecule has 0 radical (unpaired) electrons. The number of halogens is 3. The number of aromatic nitrogens is 2. The second-order valence-electron chi connectivity index (χ2n) is 8.71. The van der Waals surface area contributed by atoms with Crippen LogP contribution in [0.4, 0.5) is 13.2 Å². The van der Waals surface area contributed by atoms with Gasteiger partial charge in [0.05, 0.1) is 11.3 Å². The maximum absolute atomic E-state index is 12.8. The van der Waals surface area contributed by atoms with Crippen molar-refractivity contribution in [3.8, 4) is 17.0 Å². The van der Waals surface area contributed by atoms with Crippen molar-refractivity contribution >= 4 is 5.97 Å². The summed E-state index contributed by atoms with van der Waals surface area (Å²) in [6, 6.07) is 12.3. The van der Waals surface area contributed by atoms with Crippen LogP contribution in [0.25, 0.3) is 11.3 Å². The van der Waals surface area contributed by atoms with Gasteiger partial charge < -0.3 is 15.2 Å². The van der Waals surface area contributed by atoms with Crippen LogP contribution in [-0.4, -0.2) is 33.5 Å². The predicted molar refractivity (Wildman–Crippen MR) is 123 cm³/mol. The number of hydrogen-bond donors (Lipinski definition) is 2. The molecule has 0 saturated heterocycles. The Morgan fingerprint density at radius 1 is 1.15 bits per heavy atom. The van der Waals surface area contributed by atoms with Gasteiger partial charge in [0.1, 0.15) is 5.75 Å². The lowest BCUT2D eigenvalue weighted by atomic mass is 9.99. The van der Waals surface area contributed by atoms with Crippen LogP contribution < -0.4 is 10.1 Å². The van der Waals surface area contributed by atoms with Crippen molar-refractivity contribution in [1.82, 2.24) is 15.1 Å². The molecule has 0 spiro atoms. The van der Waals surface area contributed by atoms with E-state index in [4.69, 9.17) is 4.74 Å². The molecule has 0 aliphatic rings. The van der Waals surface area contributed by atoms with Gasteiger partial charge in [0.2, 0.25) is 0 Å². The third kappa shape index (κ3) is 5.59. The van der Waals surface area contributed by atoms with Crippen LogP contribution in [0.5, 0.6) is 5.75 Å². The molecule has 0 aliphatic heterocycles. The summed E-state index contributed by atoms with van der Waals surface area (Å²) in [5.41, 5.74) is 1.85. The SMILES string of the molecule is CNC(Cc1cc(-c2ccc(C(F)(F)F)cc2)nn1C)c1ccc(OC(C)(C)C(=O)O)c(C)c1. The summed E-state index contributed by atoms with van der Waals surface area (Å²) < 4.78 is 45.9. The van der Waals surface area contributed by atoms with Crippen molar-refractivity contribution in [2.24, 2.45) is 7.05 Å². The predicted octanol–water partition coefficient (Wildman–Crippen LogP) is 5.16. The zero-order valence-electron chi connectivity index (χ0n) is 19.7. The van der Waals surface area contributed by atoms with E-state index in [1.165, 1.54) is 26.0 Å². The molecular formula is C25H28F3N3O3. The van der Waals surface area contributed by atoms with Crippen molar-refractivity contribution in [3.63, 3.8) is 0 Å². The number of carboxylic acid groups (broad SMARTS) is 1. The molecule has 0 aliphatic carbocycles. The standard InChI is InChI=1S/C25H28F3N3O3/c1-15-12-17(8-11-22(15)34-24(2,3)23(32)33)20(29-4)13-19-14-21(30-31(19)5)16-6-9-18(10-7-16)25(26,27)28/h6-12,14,20,29H,13H2,1-5H3,(H,32,33). The van der Waals surface area contributed by atoms with Gasteiger partial charge in [0.15, 0.2) is 5.60 Å². The number of nitrogens with zero attached hydrogens (tertiary/aromatic N) is 2. The van der Waals surface area contributed by atoms with E-state index in [1.807, 2.05) is 32.2 Å². The Labute approximate surface area is 196 Å². The molecule has 0 bridgehead atoms. The Morgan fingerprint density at radius 2 is 1.79 bits per heavy atom. The number of alkyl halides is 3. The third-order valence-electron chi connectivity index (χ3n) is 5.73. The molecule has 6 nitrogen and oxygen atoms in total. The molecule has 1 atom stereocenters. The smallest absolute Gasteiger partial charge is 0.416 e. The van der Waals surface area contributed by atoms with Crippen molar-refractivity contribution in [1.29, 1.82) is 0 Å². The Bertz CT molecular complexity index is 1170. The van der Waals surface area contributed by atoms with Gasteiger partial charge in [0.25, 0.3) is 0 Å². The van der Waals surface area contributed by atoms with Crippen molar-refractivity contribution in [2.45, 2.75) is 45.0 Å². The quantitative estimate of drug-likeness (QED) is 0.471. The van der Waals surface area contributed by atoms with E-state index >= 15 is 0 Å². The van der Waals surface area contributed by atoms with E-state index in [0.717, 1.165) is 29.0 Å². The van der Waals surface area contributed by atoms with E-state index in [0.29, 0.717) is 23.4 Å². The molecule has 0 fully saturated rings. The van der Waals surface area contributed by atoms with Gasteiger partial charge >= 0.3 is 12.1 Å². The number of nitrogens with one attached hydrogen (secondary N) is 1. The second kappa shape index (κ2) is 9.50. The Kier molecular flexibility index (Phi) is 7.07. The molecular weight excluding hydrogens is 447 g/mol. The van der Waals surface area contributed by atoms with E-state index < -0.39 is 23.3 Å². The van der Waals surface area contributed by atoms with E-state index in [9.17, 15) is 23.1 Å². The van der Waals surface area contributed by atoms with Crippen molar-refractivity contribution in [2.75, 3.05) is 7.05 Å². The first-order chi connectivity index (χ1) is 15.8. The monoisotopic (exact) mass is 475 g/mol. The van der Waals surface area contributed by atoms with Gasteiger partial charge in [-0.1, -0.05) is 24.3 Å². The number of benzene rings is 2. The Hall–Kier alpha value is -3.33. The summed E-state index contributed by atoms with van der Waals surface area (Å²) in [6.45, 7) is 4.85. The molecule has 1 unspecified atom stereocenters. The summed E-state index contributed by atoms with van der Waals surface area (Å²) in [5, 5.41) is 17.1. The lowest BCUT2D eigenvalue weighted by Gasteiger charge is -2.24. The number of ether oxygens (including phenoxy) is 1. The van der Waals surface area contributed by atoms with Crippen LogP contribution in [0.1, 0.15) is 42.3 Å². The number of rotatable bonds is 8. The lowest BCUT2D eigenvalue weighted by molar-refractivity contribution is -0.152. The summed E-state index contributed by atoms with van der Waals surface area (Å²) in [7, 11) is 3.64. The van der Waals surface area contributed by atoms with Gasteiger partial charge in [-0.25, -0.2) is 4.79 Å². The highest BCUT2D eigenvalue weighted by atomic mass is 19.4. The van der Waals surface area contributed by atoms with Crippen LogP contribution in [0, 0.1) is 6.92 Å². The van der Waals surface area contributed by atoms with Crippen LogP contribution >= 0.6 is 0 Å². The molecule has 182 valence electrons. The van der Waals surface area contributed by atoms with Gasteiger partial charge in [-0.3, -0.25) is 4.68 Å². The normalized spacial score (nSPS) is 13.1. The molecule has 3 rings (SSSR count). The fourth-order valence-electron chi connectivity index (χ4n) is 3.59. The van der Waals surface area contributed by atoms with Gasteiger partial charge in [-0.2, -0.15) is 18.3 Å². The van der Waals surface area contributed by atoms with Crippen molar-refractivity contribution in [3.05, 3.63) is 70.9 Å². The molecule has 0 saturated carbocycles. The first kappa shape index (κ1) is 25.3. The average molecular weight is 476 g/mol. The molecule has 3 aromatic rings. The highest BCUT2D eigenvalue weighted by Gasteiger charge is 2.31. The summed E-state index contributed by atoms with van der Waals surface area (Å²) in [4.78, 5) is 11.4. The Balaban J connectivity index is 1.80. The second-order valence-corrected chi connectivity index (χ2v) is 8.71. The van der Waals surface area contributed by atoms with Crippen LogP contribution in [0.15, 0.2) is 48.5 Å². The molecule has 2 N–H and O–H groups in total. The number of aliphatic carboxylic acids is 1. The first-order valence-corrected chi connectivity index (χ1v) is 10.7. The first-order valence-electron chi connectivity index (χ1n) is 10.7. The number of carboxylic acids is 1. The number of likely N-dealkylation sites (N-methyl/N-ethyl adjacent to an activating group) is 1. The molecule has 9 heteroatoms. The zero-order chi connectivity index (χ0) is 25.3. The van der Waals surface area contributed by atoms with Gasteiger partial charge in [-0.15, -0.1) is 0 Å². The minimum absolute atomic E-state index is 0.0731. The largest absolute Gasteiger partial charge is 0.478 e. The maximum atomic E-state index is 12.8. The fourth-order valence-corrected chi connectivity index (χ4v) is 3.59. The zero-order valence-corrected chi connectivity index (χ0v) is 19.7. The van der Waals surface area contributed by atoms with E-state index in [-0.39, 0.29) is 6.04 Å². The van der Waals surface area contributed by atoms with Crippen molar-refractivity contribution < 1.29 is 27.8 Å². The maximum Gasteiger partial charge on any atom is 0.416 e.